The normalized spacial score (nSPS) is 10.3. The summed E-state index contributed by atoms with van der Waals surface area (Å²) in [4.78, 5) is 19.0. The highest BCUT2D eigenvalue weighted by Gasteiger charge is 2.10. The Morgan fingerprint density at radius 1 is 1.39 bits per heavy atom. The molecule has 0 atom stereocenters. The monoisotopic (exact) mass is 264 g/mol. The molecule has 0 spiro atoms. The number of aromatic nitrogens is 2. The van der Waals surface area contributed by atoms with Gasteiger partial charge in [0, 0.05) is 4.90 Å². The molecule has 6 heteroatoms. The number of aromatic carboxylic acids is 1. The number of carboxylic acids is 1. The molecule has 0 saturated carbocycles. The number of carboxylic acid groups (broad SMARTS) is 1. The molecule has 18 heavy (non-hydrogen) atoms. The van der Waals surface area contributed by atoms with Crippen molar-refractivity contribution in [3.05, 3.63) is 47.7 Å². The molecule has 0 bridgehead atoms. The van der Waals surface area contributed by atoms with Gasteiger partial charge in [0.2, 0.25) is 0 Å². The molecule has 1 heterocycles. The van der Waals surface area contributed by atoms with Gasteiger partial charge in [-0.05, 0) is 25.1 Å². The third kappa shape index (κ3) is 2.65. The van der Waals surface area contributed by atoms with Crippen LogP contribution < -0.4 is 0 Å². The maximum absolute atomic E-state index is 13.7. The minimum absolute atomic E-state index is 0.159. The van der Waals surface area contributed by atoms with Crippen LogP contribution in [0.4, 0.5) is 4.39 Å². The van der Waals surface area contributed by atoms with Crippen LogP contribution in [0.3, 0.4) is 0 Å². The van der Waals surface area contributed by atoms with Crippen LogP contribution in [0.25, 0.3) is 0 Å². The lowest BCUT2D eigenvalue weighted by atomic mass is 10.2. The highest BCUT2D eigenvalue weighted by atomic mass is 32.2. The van der Waals surface area contributed by atoms with Crippen molar-refractivity contribution in [2.45, 2.75) is 16.8 Å². The molecule has 0 radical (unpaired) electrons. The molecule has 0 fully saturated rings. The summed E-state index contributed by atoms with van der Waals surface area (Å²) in [6, 6.07) is 6.27. The first-order chi connectivity index (χ1) is 8.58. The van der Waals surface area contributed by atoms with Crippen molar-refractivity contribution in [3.63, 3.8) is 0 Å². The SMILES string of the molecule is Cc1ncnc(Sc2cccc(C(=O)O)c2)c1F. The van der Waals surface area contributed by atoms with Crippen LogP contribution in [-0.4, -0.2) is 21.0 Å². The molecule has 4 nitrogen and oxygen atoms in total. The summed E-state index contributed by atoms with van der Waals surface area (Å²) < 4.78 is 13.7. The summed E-state index contributed by atoms with van der Waals surface area (Å²) in [7, 11) is 0. The second kappa shape index (κ2) is 5.14. The second-order valence-corrected chi connectivity index (χ2v) is 4.58. The van der Waals surface area contributed by atoms with E-state index in [-0.39, 0.29) is 16.3 Å². The Bertz CT molecular complexity index is 604. The smallest absolute Gasteiger partial charge is 0.335 e. The quantitative estimate of drug-likeness (QED) is 0.864. The zero-order valence-electron chi connectivity index (χ0n) is 9.42. The molecule has 0 saturated heterocycles. The minimum atomic E-state index is -1.02. The number of halogens is 1. The van der Waals surface area contributed by atoms with Gasteiger partial charge in [-0.15, -0.1) is 0 Å². The molecule has 92 valence electrons. The van der Waals surface area contributed by atoms with Crippen molar-refractivity contribution < 1.29 is 14.3 Å². The van der Waals surface area contributed by atoms with Crippen molar-refractivity contribution in [2.75, 3.05) is 0 Å². The highest BCUT2D eigenvalue weighted by molar-refractivity contribution is 7.99. The average molecular weight is 264 g/mol. The first kappa shape index (κ1) is 12.5. The lowest BCUT2D eigenvalue weighted by Crippen LogP contribution is -1.96. The molecule has 0 aliphatic heterocycles. The van der Waals surface area contributed by atoms with Crippen molar-refractivity contribution >= 4 is 17.7 Å². The Morgan fingerprint density at radius 2 is 2.17 bits per heavy atom. The Balaban J connectivity index is 2.31. The molecule has 2 rings (SSSR count). The fourth-order valence-corrected chi connectivity index (χ4v) is 2.20. The van der Waals surface area contributed by atoms with Gasteiger partial charge in [-0.25, -0.2) is 19.2 Å². The molecule has 2 aromatic rings. The molecule has 1 N–H and O–H groups in total. The van der Waals surface area contributed by atoms with E-state index in [2.05, 4.69) is 9.97 Å². The molecular weight excluding hydrogens is 255 g/mol. The molecule has 1 aromatic heterocycles. The number of aryl methyl sites for hydroxylation is 1. The fourth-order valence-electron chi connectivity index (χ4n) is 1.31. The second-order valence-electron chi connectivity index (χ2n) is 3.51. The molecule has 0 aliphatic carbocycles. The molecular formula is C12H9FN2O2S. The summed E-state index contributed by atoms with van der Waals surface area (Å²) in [6.45, 7) is 1.55. The largest absolute Gasteiger partial charge is 0.478 e. The van der Waals surface area contributed by atoms with E-state index in [1.165, 1.54) is 18.5 Å². The Hall–Kier alpha value is -1.95. The highest BCUT2D eigenvalue weighted by Crippen LogP contribution is 2.28. The number of carbonyl (C=O) groups is 1. The van der Waals surface area contributed by atoms with E-state index in [0.29, 0.717) is 4.90 Å². The van der Waals surface area contributed by atoms with Gasteiger partial charge >= 0.3 is 5.97 Å². The van der Waals surface area contributed by atoms with Gasteiger partial charge in [-0.1, -0.05) is 17.8 Å². The van der Waals surface area contributed by atoms with Gasteiger partial charge in [0.1, 0.15) is 11.4 Å². The van der Waals surface area contributed by atoms with Crippen LogP contribution in [0.5, 0.6) is 0 Å². The van der Waals surface area contributed by atoms with Crippen molar-refractivity contribution in [1.29, 1.82) is 0 Å². The first-order valence-corrected chi connectivity index (χ1v) is 5.88. The van der Waals surface area contributed by atoms with E-state index in [0.717, 1.165) is 11.8 Å². The van der Waals surface area contributed by atoms with Gasteiger partial charge in [-0.2, -0.15) is 0 Å². The van der Waals surface area contributed by atoms with Crippen LogP contribution >= 0.6 is 11.8 Å². The van der Waals surface area contributed by atoms with E-state index in [9.17, 15) is 9.18 Å². The van der Waals surface area contributed by atoms with E-state index in [1.807, 2.05) is 0 Å². The van der Waals surface area contributed by atoms with Crippen molar-refractivity contribution in [1.82, 2.24) is 9.97 Å². The topological polar surface area (TPSA) is 63.1 Å². The Labute approximate surface area is 107 Å². The first-order valence-electron chi connectivity index (χ1n) is 5.06. The van der Waals surface area contributed by atoms with Crippen molar-refractivity contribution in [3.8, 4) is 0 Å². The van der Waals surface area contributed by atoms with Gasteiger partial charge in [0.05, 0.1) is 11.3 Å². The number of hydrogen-bond donors (Lipinski definition) is 1. The predicted molar refractivity (Wildman–Crippen MR) is 64.3 cm³/mol. The Morgan fingerprint density at radius 3 is 2.89 bits per heavy atom. The fraction of sp³-hybridized carbons (Fsp3) is 0.0833. The molecule has 0 unspecified atom stereocenters. The van der Waals surface area contributed by atoms with Gasteiger partial charge in [-0.3, -0.25) is 0 Å². The van der Waals surface area contributed by atoms with Crippen LogP contribution in [-0.2, 0) is 0 Å². The average Bonchev–Trinajstić information content (AvgIpc) is 2.35. The standard InChI is InChI=1S/C12H9FN2O2S/c1-7-10(13)11(15-6-14-7)18-9-4-2-3-8(5-9)12(16)17/h2-6H,1H3,(H,16,17). The number of nitrogens with zero attached hydrogens (tertiary/aromatic N) is 2. The minimum Gasteiger partial charge on any atom is -0.478 e. The van der Waals surface area contributed by atoms with Crippen LogP contribution in [0.15, 0.2) is 40.5 Å². The van der Waals surface area contributed by atoms with Crippen LogP contribution in [0.2, 0.25) is 0 Å². The molecule has 0 amide bonds. The number of hydrogen-bond acceptors (Lipinski definition) is 4. The van der Waals surface area contributed by atoms with Gasteiger partial charge in [0.25, 0.3) is 0 Å². The summed E-state index contributed by atoms with van der Waals surface area (Å²) in [6.07, 6.45) is 1.28. The molecule has 0 aliphatic rings. The van der Waals surface area contributed by atoms with E-state index < -0.39 is 11.8 Å². The lowest BCUT2D eigenvalue weighted by molar-refractivity contribution is 0.0696. The summed E-state index contributed by atoms with van der Waals surface area (Å²) in [5, 5.41) is 9.05. The zero-order chi connectivity index (χ0) is 13.1. The molecule has 1 aromatic carbocycles. The maximum Gasteiger partial charge on any atom is 0.335 e. The van der Waals surface area contributed by atoms with Crippen LogP contribution in [0.1, 0.15) is 16.1 Å². The predicted octanol–water partition coefficient (Wildman–Crippen LogP) is 2.77. The van der Waals surface area contributed by atoms with Crippen LogP contribution in [0, 0.1) is 12.7 Å². The summed E-state index contributed by atoms with van der Waals surface area (Å²) in [5.41, 5.74) is 0.424. The summed E-state index contributed by atoms with van der Waals surface area (Å²) in [5.74, 6) is -1.50. The number of rotatable bonds is 3. The van der Waals surface area contributed by atoms with Gasteiger partial charge in [0.15, 0.2) is 5.82 Å². The van der Waals surface area contributed by atoms with Crippen molar-refractivity contribution in [2.24, 2.45) is 0 Å². The van der Waals surface area contributed by atoms with E-state index in [1.54, 1.807) is 19.1 Å². The lowest BCUT2D eigenvalue weighted by Gasteiger charge is -2.04. The number of benzene rings is 1. The zero-order valence-corrected chi connectivity index (χ0v) is 10.2. The van der Waals surface area contributed by atoms with E-state index in [4.69, 9.17) is 5.11 Å². The Kier molecular flexibility index (Phi) is 3.57. The maximum atomic E-state index is 13.7. The third-order valence-corrected chi connectivity index (χ3v) is 3.19. The third-order valence-electron chi connectivity index (χ3n) is 2.23. The summed E-state index contributed by atoms with van der Waals surface area (Å²) >= 11 is 1.07. The van der Waals surface area contributed by atoms with E-state index >= 15 is 0 Å². The van der Waals surface area contributed by atoms with Gasteiger partial charge < -0.3 is 5.11 Å².